The van der Waals surface area contributed by atoms with Crippen molar-refractivity contribution in [1.29, 1.82) is 0 Å². The van der Waals surface area contributed by atoms with Gasteiger partial charge in [0, 0.05) is 31.1 Å². The minimum absolute atomic E-state index is 0.0246. The first-order valence-electron chi connectivity index (χ1n) is 10.4. The van der Waals surface area contributed by atoms with Gasteiger partial charge in [-0.05, 0) is 18.2 Å². The van der Waals surface area contributed by atoms with Crippen molar-refractivity contribution in [3.8, 4) is 11.5 Å². The Morgan fingerprint density at radius 1 is 1.24 bits per heavy atom. The Kier molecular flexibility index (Phi) is 6.47. The molecule has 0 radical (unpaired) electrons. The molecule has 1 atom stereocenters. The number of carbonyl (C=O) groups excluding carboxylic acids is 1. The van der Waals surface area contributed by atoms with Crippen LogP contribution in [0.2, 0.25) is 0 Å². The fourth-order valence-corrected chi connectivity index (χ4v) is 3.89. The lowest BCUT2D eigenvalue weighted by Crippen LogP contribution is -2.35. The van der Waals surface area contributed by atoms with Crippen LogP contribution >= 0.6 is 0 Å². The lowest BCUT2D eigenvalue weighted by molar-refractivity contribution is -0.118. The number of ether oxygens (including phenoxy) is 2. The van der Waals surface area contributed by atoms with E-state index in [1.165, 1.54) is 25.5 Å². The lowest BCUT2D eigenvalue weighted by Gasteiger charge is -2.26. The molecule has 0 saturated carbocycles. The smallest absolute Gasteiger partial charge is 0.227 e. The zero-order valence-electron chi connectivity index (χ0n) is 18.0. The number of hydrogen-bond donors (Lipinski definition) is 2. The van der Waals surface area contributed by atoms with Crippen molar-refractivity contribution in [1.82, 2.24) is 4.90 Å². The Morgan fingerprint density at radius 2 is 2.00 bits per heavy atom. The third-order valence-corrected chi connectivity index (χ3v) is 5.59. The minimum atomic E-state index is -1.12. The van der Waals surface area contributed by atoms with Gasteiger partial charge in [-0.2, -0.15) is 0 Å². The number of rotatable bonds is 7. The van der Waals surface area contributed by atoms with Crippen LogP contribution in [-0.4, -0.2) is 49.3 Å². The van der Waals surface area contributed by atoms with Crippen molar-refractivity contribution in [2.75, 3.05) is 33.4 Å². The van der Waals surface area contributed by atoms with Gasteiger partial charge in [0.2, 0.25) is 17.1 Å². The SMILES string of the molecule is COc1ccc2occ(C(CC(N)=O)c3oc(CN4CCOCC4)cc(=O)c3O)c(=O)c2c1. The predicted octanol–water partition coefficient (Wildman–Crippen LogP) is 1.30. The molecule has 1 amide bonds. The van der Waals surface area contributed by atoms with E-state index in [1.807, 2.05) is 4.90 Å². The van der Waals surface area contributed by atoms with Gasteiger partial charge in [-0.3, -0.25) is 19.3 Å². The first-order chi connectivity index (χ1) is 15.9. The van der Waals surface area contributed by atoms with Crippen molar-refractivity contribution in [3.05, 3.63) is 68.1 Å². The molecule has 1 aromatic carbocycles. The van der Waals surface area contributed by atoms with Crippen molar-refractivity contribution < 1.29 is 28.2 Å². The van der Waals surface area contributed by atoms with Gasteiger partial charge in [-0.25, -0.2) is 0 Å². The molecule has 1 saturated heterocycles. The fraction of sp³-hybridized carbons (Fsp3) is 0.348. The van der Waals surface area contributed by atoms with E-state index in [9.17, 15) is 19.5 Å². The fourth-order valence-electron chi connectivity index (χ4n) is 3.89. The average Bonchev–Trinajstić information content (AvgIpc) is 2.81. The summed E-state index contributed by atoms with van der Waals surface area (Å²) in [6, 6.07) is 5.94. The highest BCUT2D eigenvalue weighted by atomic mass is 16.5. The highest BCUT2D eigenvalue weighted by molar-refractivity contribution is 5.80. The third-order valence-electron chi connectivity index (χ3n) is 5.59. The summed E-state index contributed by atoms with van der Waals surface area (Å²) in [6.07, 6.45) is 0.816. The van der Waals surface area contributed by atoms with Gasteiger partial charge in [0.1, 0.15) is 17.1 Å². The first kappa shape index (κ1) is 22.6. The topological polar surface area (TPSA) is 145 Å². The van der Waals surface area contributed by atoms with Crippen LogP contribution in [0.4, 0.5) is 0 Å². The Labute approximate surface area is 188 Å². The molecular formula is C23H24N2O8. The van der Waals surface area contributed by atoms with E-state index in [-0.39, 0.29) is 28.9 Å². The molecule has 1 aliphatic heterocycles. The number of primary amides is 1. The second kappa shape index (κ2) is 9.47. The minimum Gasteiger partial charge on any atom is -0.502 e. The molecule has 10 nitrogen and oxygen atoms in total. The van der Waals surface area contributed by atoms with Crippen LogP contribution in [0.25, 0.3) is 11.0 Å². The van der Waals surface area contributed by atoms with Gasteiger partial charge >= 0.3 is 0 Å². The van der Waals surface area contributed by atoms with Crippen molar-refractivity contribution in [2.24, 2.45) is 5.73 Å². The van der Waals surface area contributed by atoms with E-state index < -0.39 is 28.4 Å². The number of nitrogens with two attached hydrogens (primary N) is 1. The largest absolute Gasteiger partial charge is 0.502 e. The van der Waals surface area contributed by atoms with Crippen LogP contribution in [0, 0.1) is 0 Å². The van der Waals surface area contributed by atoms with E-state index >= 15 is 0 Å². The first-order valence-corrected chi connectivity index (χ1v) is 10.4. The number of carbonyl (C=O) groups is 1. The highest BCUT2D eigenvalue weighted by Gasteiger charge is 2.29. The molecule has 1 fully saturated rings. The summed E-state index contributed by atoms with van der Waals surface area (Å²) in [5.74, 6) is -2.02. The number of hydrogen-bond acceptors (Lipinski definition) is 9. The van der Waals surface area contributed by atoms with Gasteiger partial charge in [0.15, 0.2) is 11.2 Å². The molecule has 2 aromatic heterocycles. The van der Waals surface area contributed by atoms with Crippen LogP contribution in [0.1, 0.15) is 29.4 Å². The number of morpholine rings is 1. The standard InChI is InChI=1S/C23H24N2O8/c1-30-13-2-3-19-16(8-13)21(28)17(12-32-19)15(10-20(24)27)23-22(29)18(26)9-14(33-23)11-25-4-6-31-7-5-25/h2-3,8-9,12,15,29H,4-7,10-11H2,1H3,(H2,24,27). The van der Waals surface area contributed by atoms with E-state index in [2.05, 4.69) is 0 Å². The summed E-state index contributed by atoms with van der Waals surface area (Å²) in [5.41, 5.74) is 4.64. The summed E-state index contributed by atoms with van der Waals surface area (Å²) >= 11 is 0. The Balaban J connectivity index is 1.82. The van der Waals surface area contributed by atoms with E-state index in [1.54, 1.807) is 12.1 Å². The van der Waals surface area contributed by atoms with Crippen LogP contribution in [0.15, 0.2) is 49.0 Å². The van der Waals surface area contributed by atoms with Gasteiger partial charge in [0.05, 0.1) is 44.4 Å². The number of methoxy groups -OCH3 is 1. The third kappa shape index (κ3) is 4.76. The maximum atomic E-state index is 13.3. The zero-order chi connectivity index (χ0) is 23.5. The highest BCUT2D eigenvalue weighted by Crippen LogP contribution is 2.33. The number of fused-ring (bicyclic) bond motifs is 1. The van der Waals surface area contributed by atoms with E-state index in [0.717, 1.165) is 0 Å². The van der Waals surface area contributed by atoms with Gasteiger partial charge in [0.25, 0.3) is 0 Å². The van der Waals surface area contributed by atoms with E-state index in [4.69, 9.17) is 24.0 Å². The molecular weight excluding hydrogens is 432 g/mol. The Hall–Kier alpha value is -3.63. The molecule has 174 valence electrons. The van der Waals surface area contributed by atoms with Gasteiger partial charge < -0.3 is 29.1 Å². The summed E-state index contributed by atoms with van der Waals surface area (Å²) in [6.45, 7) is 2.72. The van der Waals surface area contributed by atoms with Gasteiger partial charge in [-0.1, -0.05) is 0 Å². The normalized spacial score (nSPS) is 15.4. The molecule has 0 aliphatic carbocycles. The lowest BCUT2D eigenvalue weighted by atomic mass is 9.92. The maximum absolute atomic E-state index is 13.3. The number of nitrogens with zero attached hydrogens (tertiary/aromatic N) is 1. The van der Waals surface area contributed by atoms with Crippen LogP contribution in [0.3, 0.4) is 0 Å². The molecule has 10 heteroatoms. The van der Waals surface area contributed by atoms with E-state index in [0.29, 0.717) is 44.2 Å². The van der Waals surface area contributed by atoms with Gasteiger partial charge in [-0.15, -0.1) is 0 Å². The monoisotopic (exact) mass is 456 g/mol. The van der Waals surface area contributed by atoms with Crippen LogP contribution in [-0.2, 0) is 16.1 Å². The Bertz CT molecular complexity index is 1290. The number of aromatic hydroxyl groups is 1. The summed E-state index contributed by atoms with van der Waals surface area (Å²) in [7, 11) is 1.47. The summed E-state index contributed by atoms with van der Waals surface area (Å²) in [4.78, 5) is 39.7. The van der Waals surface area contributed by atoms with Crippen molar-refractivity contribution >= 4 is 16.9 Å². The van der Waals surface area contributed by atoms with Crippen LogP contribution in [0.5, 0.6) is 11.5 Å². The predicted molar refractivity (Wildman–Crippen MR) is 117 cm³/mol. The molecule has 0 bridgehead atoms. The van der Waals surface area contributed by atoms with Crippen LogP contribution < -0.4 is 21.3 Å². The second-order valence-corrected chi connectivity index (χ2v) is 7.78. The quantitative estimate of drug-likeness (QED) is 0.537. The molecule has 1 unspecified atom stereocenters. The Morgan fingerprint density at radius 3 is 2.70 bits per heavy atom. The maximum Gasteiger partial charge on any atom is 0.227 e. The number of amides is 1. The molecule has 3 N–H and O–H groups in total. The molecule has 33 heavy (non-hydrogen) atoms. The molecule has 3 aromatic rings. The zero-order valence-corrected chi connectivity index (χ0v) is 18.0. The number of benzene rings is 1. The van der Waals surface area contributed by atoms with Crippen molar-refractivity contribution in [3.63, 3.8) is 0 Å². The average molecular weight is 456 g/mol. The summed E-state index contributed by atoms with van der Waals surface area (Å²) in [5, 5.41) is 10.7. The molecule has 0 spiro atoms. The molecule has 3 heterocycles. The second-order valence-electron chi connectivity index (χ2n) is 7.78. The molecule has 1 aliphatic rings. The van der Waals surface area contributed by atoms with Crippen molar-refractivity contribution in [2.45, 2.75) is 18.9 Å². The summed E-state index contributed by atoms with van der Waals surface area (Å²) < 4.78 is 22.0. The molecule has 4 rings (SSSR count).